The summed E-state index contributed by atoms with van der Waals surface area (Å²) in [4.78, 5) is 4.17. The lowest BCUT2D eigenvalue weighted by Gasteiger charge is -2.12. The highest BCUT2D eigenvalue weighted by Crippen LogP contribution is 2.13. The molecule has 0 saturated heterocycles. The normalized spacial score (nSPS) is 13.8. The fourth-order valence-electron chi connectivity index (χ4n) is 1.37. The summed E-state index contributed by atoms with van der Waals surface area (Å²) in [7, 11) is 1.80. The summed E-state index contributed by atoms with van der Waals surface area (Å²) in [6.45, 7) is 13.0. The molecule has 0 aromatic rings. The molecule has 0 unspecified atom stereocenters. The average molecular weight is 180 g/mol. The molecule has 0 heterocycles. The molecule has 0 spiro atoms. The quantitative estimate of drug-likeness (QED) is 0.522. The van der Waals surface area contributed by atoms with Gasteiger partial charge in [0.15, 0.2) is 0 Å². The van der Waals surface area contributed by atoms with Crippen LogP contribution < -0.4 is 5.32 Å². The zero-order valence-corrected chi connectivity index (χ0v) is 9.36. The predicted molar refractivity (Wildman–Crippen MR) is 60.2 cm³/mol. The van der Waals surface area contributed by atoms with Crippen LogP contribution in [0.25, 0.3) is 0 Å². The van der Waals surface area contributed by atoms with Crippen LogP contribution in [-0.4, -0.2) is 19.3 Å². The second-order valence-corrected chi connectivity index (χ2v) is 3.12. The second kappa shape index (κ2) is 5.57. The third-order valence-electron chi connectivity index (χ3n) is 1.94. The molecule has 0 fully saturated rings. The fourth-order valence-corrected chi connectivity index (χ4v) is 1.37. The van der Waals surface area contributed by atoms with Crippen LogP contribution in [0.4, 0.5) is 0 Å². The van der Waals surface area contributed by atoms with Crippen LogP contribution in [-0.2, 0) is 0 Å². The monoisotopic (exact) mass is 180 g/mol. The minimum absolute atomic E-state index is 0.930. The molecular weight excluding hydrogens is 160 g/mol. The van der Waals surface area contributed by atoms with Crippen LogP contribution in [0.15, 0.2) is 28.4 Å². The molecule has 0 aromatic heterocycles. The van der Waals surface area contributed by atoms with Gasteiger partial charge in [-0.25, -0.2) is 0 Å². The van der Waals surface area contributed by atoms with Gasteiger partial charge in [-0.15, -0.1) is 0 Å². The molecule has 0 atom stereocenters. The molecule has 13 heavy (non-hydrogen) atoms. The average Bonchev–Trinajstić information content (AvgIpc) is 2.04. The van der Waals surface area contributed by atoms with Crippen LogP contribution in [0.2, 0.25) is 0 Å². The van der Waals surface area contributed by atoms with E-state index in [9.17, 15) is 0 Å². The summed E-state index contributed by atoms with van der Waals surface area (Å²) in [5.74, 6) is 0. The number of rotatable bonds is 4. The van der Waals surface area contributed by atoms with Gasteiger partial charge in [-0.05, 0) is 33.3 Å². The Balaban J connectivity index is 5.00. The van der Waals surface area contributed by atoms with Crippen molar-refractivity contribution in [3.63, 3.8) is 0 Å². The Hall–Kier alpha value is -1.05. The smallest absolute Gasteiger partial charge is 0.0405 e. The third-order valence-corrected chi connectivity index (χ3v) is 1.94. The largest absolute Gasteiger partial charge is 0.388 e. The van der Waals surface area contributed by atoms with Crippen molar-refractivity contribution >= 4 is 5.71 Å². The van der Waals surface area contributed by atoms with Gasteiger partial charge in [-0.3, -0.25) is 4.99 Å². The lowest BCUT2D eigenvalue weighted by molar-refractivity contribution is 0.847. The Labute approximate surface area is 81.5 Å². The molecule has 0 aliphatic heterocycles. The van der Waals surface area contributed by atoms with Crippen molar-refractivity contribution in [3.05, 3.63) is 23.4 Å². The Kier molecular flexibility index (Phi) is 5.12. The van der Waals surface area contributed by atoms with Gasteiger partial charge in [0.05, 0.1) is 0 Å². The van der Waals surface area contributed by atoms with E-state index in [0.717, 1.165) is 29.1 Å². The van der Waals surface area contributed by atoms with Crippen LogP contribution in [0.1, 0.15) is 27.7 Å². The minimum atomic E-state index is 0.930. The van der Waals surface area contributed by atoms with Gasteiger partial charge in [0.2, 0.25) is 0 Å². The van der Waals surface area contributed by atoms with Crippen molar-refractivity contribution in [2.24, 2.45) is 4.99 Å². The molecule has 0 radical (unpaired) electrons. The van der Waals surface area contributed by atoms with E-state index in [0.29, 0.717) is 0 Å². The van der Waals surface area contributed by atoms with E-state index in [-0.39, 0.29) is 0 Å². The maximum absolute atomic E-state index is 4.17. The number of hydrogen-bond acceptors (Lipinski definition) is 2. The molecule has 0 amide bonds. The number of nitrogens with one attached hydrogen (secondary N) is 1. The molecule has 0 aromatic carbocycles. The highest BCUT2D eigenvalue weighted by Gasteiger charge is 2.05. The van der Waals surface area contributed by atoms with E-state index >= 15 is 0 Å². The topological polar surface area (TPSA) is 24.4 Å². The van der Waals surface area contributed by atoms with Crippen LogP contribution in [0, 0.1) is 0 Å². The molecule has 2 heteroatoms. The van der Waals surface area contributed by atoms with Crippen molar-refractivity contribution in [1.29, 1.82) is 0 Å². The zero-order valence-electron chi connectivity index (χ0n) is 9.36. The molecule has 1 N–H and O–H groups in total. The van der Waals surface area contributed by atoms with E-state index in [2.05, 4.69) is 30.7 Å². The summed E-state index contributed by atoms with van der Waals surface area (Å²) >= 11 is 0. The third kappa shape index (κ3) is 3.45. The van der Waals surface area contributed by atoms with Crippen molar-refractivity contribution < 1.29 is 0 Å². The first-order valence-electron chi connectivity index (χ1n) is 4.59. The van der Waals surface area contributed by atoms with Gasteiger partial charge in [0, 0.05) is 30.6 Å². The van der Waals surface area contributed by atoms with Gasteiger partial charge in [0.25, 0.3) is 0 Å². The first-order chi connectivity index (χ1) is 6.04. The molecule has 0 aliphatic rings. The van der Waals surface area contributed by atoms with Crippen LogP contribution >= 0.6 is 0 Å². The summed E-state index contributed by atoms with van der Waals surface area (Å²) in [6, 6.07) is 0. The van der Waals surface area contributed by atoms with Gasteiger partial charge in [-0.2, -0.15) is 0 Å². The molecule has 0 rings (SSSR count). The van der Waals surface area contributed by atoms with Gasteiger partial charge in [0.1, 0.15) is 0 Å². The minimum Gasteiger partial charge on any atom is -0.388 e. The molecule has 0 bridgehead atoms. The first-order valence-corrected chi connectivity index (χ1v) is 4.59. The van der Waals surface area contributed by atoms with Gasteiger partial charge >= 0.3 is 0 Å². The molecule has 0 saturated carbocycles. The summed E-state index contributed by atoms with van der Waals surface area (Å²) in [6.07, 6.45) is 0. The maximum atomic E-state index is 4.17. The SMILES string of the molecule is C=C(C)/C(C(C)=NC)=C(/C)NCC. The van der Waals surface area contributed by atoms with Gasteiger partial charge in [-0.1, -0.05) is 6.58 Å². The number of nitrogens with zero attached hydrogens (tertiary/aromatic N) is 1. The van der Waals surface area contributed by atoms with E-state index in [1.165, 1.54) is 0 Å². The lowest BCUT2D eigenvalue weighted by atomic mass is 10.0. The highest BCUT2D eigenvalue weighted by atomic mass is 14.9. The molecule has 0 aliphatic carbocycles. The van der Waals surface area contributed by atoms with E-state index in [4.69, 9.17) is 0 Å². The summed E-state index contributed by atoms with van der Waals surface area (Å²) < 4.78 is 0. The number of aliphatic imine (C=N–C) groups is 1. The Morgan fingerprint density at radius 1 is 1.31 bits per heavy atom. The Morgan fingerprint density at radius 3 is 2.15 bits per heavy atom. The van der Waals surface area contributed by atoms with E-state index < -0.39 is 0 Å². The molecular formula is C11H20N2. The Bertz CT molecular complexity index is 247. The highest BCUT2D eigenvalue weighted by molar-refractivity contribution is 6.02. The van der Waals surface area contributed by atoms with Crippen molar-refractivity contribution in [2.45, 2.75) is 27.7 Å². The standard InChI is InChI=1S/C11H20N2/c1-7-13-10(5)11(8(2)3)9(4)12-6/h13H,2,7H2,1,3-6H3/b11-10+,12-9?. The number of allylic oxidation sites excluding steroid dienone is 3. The number of hydrogen-bond donors (Lipinski definition) is 1. The van der Waals surface area contributed by atoms with Gasteiger partial charge < -0.3 is 5.32 Å². The van der Waals surface area contributed by atoms with Crippen LogP contribution in [0.3, 0.4) is 0 Å². The van der Waals surface area contributed by atoms with E-state index in [1.54, 1.807) is 7.05 Å². The van der Waals surface area contributed by atoms with Crippen molar-refractivity contribution in [2.75, 3.05) is 13.6 Å². The molecule has 2 nitrogen and oxygen atoms in total. The zero-order chi connectivity index (χ0) is 10.4. The fraction of sp³-hybridized carbons (Fsp3) is 0.545. The second-order valence-electron chi connectivity index (χ2n) is 3.12. The molecule has 74 valence electrons. The van der Waals surface area contributed by atoms with E-state index in [1.807, 2.05) is 13.8 Å². The van der Waals surface area contributed by atoms with Crippen molar-refractivity contribution in [1.82, 2.24) is 5.32 Å². The van der Waals surface area contributed by atoms with Crippen LogP contribution in [0.5, 0.6) is 0 Å². The lowest BCUT2D eigenvalue weighted by Crippen LogP contribution is -2.15. The maximum Gasteiger partial charge on any atom is 0.0405 e. The first kappa shape index (κ1) is 11.9. The summed E-state index contributed by atoms with van der Waals surface area (Å²) in [5, 5.41) is 3.28. The van der Waals surface area contributed by atoms with Crippen molar-refractivity contribution in [3.8, 4) is 0 Å². The predicted octanol–water partition coefficient (Wildman–Crippen LogP) is 2.54. The Morgan fingerprint density at radius 2 is 1.85 bits per heavy atom. The summed E-state index contributed by atoms with van der Waals surface area (Å²) in [5.41, 5.74) is 4.38.